The molecule has 1 fully saturated rings. The Morgan fingerprint density at radius 3 is 2.55 bits per heavy atom. The van der Waals surface area contributed by atoms with Crippen molar-refractivity contribution in [1.29, 1.82) is 0 Å². The van der Waals surface area contributed by atoms with Crippen LogP contribution in [0.4, 0.5) is 5.69 Å². The van der Waals surface area contributed by atoms with Gasteiger partial charge in [-0.1, -0.05) is 30.3 Å². The van der Waals surface area contributed by atoms with E-state index in [9.17, 15) is 9.59 Å². The van der Waals surface area contributed by atoms with Crippen LogP contribution in [0.25, 0.3) is 16.4 Å². The van der Waals surface area contributed by atoms with Crippen molar-refractivity contribution < 1.29 is 9.59 Å². The Hall–Kier alpha value is -3.78. The highest BCUT2D eigenvalue weighted by Crippen LogP contribution is 2.26. The zero-order valence-corrected chi connectivity index (χ0v) is 17.3. The molecule has 2 heterocycles. The van der Waals surface area contributed by atoms with Crippen LogP contribution in [-0.4, -0.2) is 32.6 Å². The van der Waals surface area contributed by atoms with Crippen molar-refractivity contribution in [1.82, 2.24) is 20.1 Å². The summed E-state index contributed by atoms with van der Waals surface area (Å²) in [5, 5.41) is 12.2. The van der Waals surface area contributed by atoms with E-state index in [4.69, 9.17) is 0 Å². The predicted octanol–water partition coefficient (Wildman–Crippen LogP) is 4.14. The van der Waals surface area contributed by atoms with E-state index in [-0.39, 0.29) is 17.8 Å². The fraction of sp³-hybridized carbons (Fsp3) is 0.130. The van der Waals surface area contributed by atoms with Crippen LogP contribution in [0.2, 0.25) is 0 Å². The smallest absolute Gasteiger partial charge is 0.295 e. The summed E-state index contributed by atoms with van der Waals surface area (Å²) >= 11 is 1.53. The third-order valence-corrected chi connectivity index (χ3v) is 5.71. The molecule has 7 nitrogen and oxygen atoms in total. The van der Waals surface area contributed by atoms with Crippen molar-refractivity contribution in [3.8, 4) is 16.4 Å². The van der Waals surface area contributed by atoms with E-state index in [1.54, 1.807) is 28.9 Å². The highest BCUT2D eigenvalue weighted by Gasteiger charge is 2.24. The van der Waals surface area contributed by atoms with Gasteiger partial charge in [-0.2, -0.15) is 0 Å². The fourth-order valence-corrected chi connectivity index (χ4v) is 3.84. The maximum absolute atomic E-state index is 12.9. The Morgan fingerprint density at radius 2 is 1.81 bits per heavy atom. The molecule has 0 saturated heterocycles. The molecule has 0 atom stereocenters. The van der Waals surface area contributed by atoms with Gasteiger partial charge in [0.1, 0.15) is 0 Å². The first-order valence-electron chi connectivity index (χ1n) is 9.96. The van der Waals surface area contributed by atoms with E-state index in [0.29, 0.717) is 17.1 Å². The van der Waals surface area contributed by atoms with Crippen LogP contribution in [-0.2, 0) is 0 Å². The monoisotopic (exact) mass is 429 g/mol. The molecule has 2 aromatic carbocycles. The zero-order chi connectivity index (χ0) is 21.2. The molecule has 0 unspecified atom stereocenters. The summed E-state index contributed by atoms with van der Waals surface area (Å²) in [6.45, 7) is 0. The molecule has 5 rings (SSSR count). The maximum Gasteiger partial charge on any atom is 0.295 e. The first kappa shape index (κ1) is 19.2. The van der Waals surface area contributed by atoms with Crippen LogP contribution in [0.5, 0.6) is 0 Å². The molecule has 2 amide bonds. The number of anilines is 1. The minimum atomic E-state index is -0.438. The number of hydrogen-bond acceptors (Lipinski definition) is 5. The molecule has 2 N–H and O–H groups in total. The highest BCUT2D eigenvalue weighted by molar-refractivity contribution is 7.13. The summed E-state index contributed by atoms with van der Waals surface area (Å²) in [4.78, 5) is 30.6. The van der Waals surface area contributed by atoms with Crippen LogP contribution in [0, 0.1) is 0 Å². The summed E-state index contributed by atoms with van der Waals surface area (Å²) in [6, 6.07) is 20.6. The Kier molecular flexibility index (Phi) is 5.05. The van der Waals surface area contributed by atoms with Gasteiger partial charge in [0.2, 0.25) is 5.82 Å². The van der Waals surface area contributed by atoms with Gasteiger partial charge in [0.15, 0.2) is 5.82 Å². The Morgan fingerprint density at radius 1 is 0.968 bits per heavy atom. The molecule has 0 aliphatic heterocycles. The van der Waals surface area contributed by atoms with Crippen molar-refractivity contribution in [2.75, 3.05) is 5.32 Å². The summed E-state index contributed by atoms with van der Waals surface area (Å²) in [5.41, 5.74) is 1.84. The SMILES string of the molecule is O=C(NC1CC1)c1cccc(NC(=O)c2nc(-c3cccs3)n(-c3ccccc3)n2)c1. The molecular weight excluding hydrogens is 410 g/mol. The number of amides is 2. The molecule has 8 heteroatoms. The minimum Gasteiger partial charge on any atom is -0.349 e. The molecule has 4 aromatic rings. The van der Waals surface area contributed by atoms with Gasteiger partial charge < -0.3 is 10.6 Å². The van der Waals surface area contributed by atoms with Gasteiger partial charge in [0.25, 0.3) is 11.8 Å². The summed E-state index contributed by atoms with van der Waals surface area (Å²) in [5.74, 6) is 0.0845. The van der Waals surface area contributed by atoms with E-state index >= 15 is 0 Å². The number of nitrogens with one attached hydrogen (secondary N) is 2. The van der Waals surface area contributed by atoms with Crippen molar-refractivity contribution in [3.05, 3.63) is 83.5 Å². The average Bonchev–Trinajstić information content (AvgIpc) is 3.27. The summed E-state index contributed by atoms with van der Waals surface area (Å²) in [6.07, 6.45) is 2.04. The second kappa shape index (κ2) is 8.16. The highest BCUT2D eigenvalue weighted by atomic mass is 32.1. The van der Waals surface area contributed by atoms with Gasteiger partial charge in [-0.25, -0.2) is 9.67 Å². The van der Waals surface area contributed by atoms with Crippen molar-refractivity contribution in [2.45, 2.75) is 18.9 Å². The summed E-state index contributed by atoms with van der Waals surface area (Å²) < 4.78 is 1.67. The zero-order valence-electron chi connectivity index (χ0n) is 16.5. The Bertz CT molecular complexity index is 1230. The molecule has 31 heavy (non-hydrogen) atoms. The van der Waals surface area contributed by atoms with Gasteiger partial charge in [0.05, 0.1) is 10.6 Å². The molecule has 2 aromatic heterocycles. The second-order valence-corrected chi connectivity index (χ2v) is 8.21. The van der Waals surface area contributed by atoms with Gasteiger partial charge >= 0.3 is 0 Å². The van der Waals surface area contributed by atoms with E-state index in [1.165, 1.54) is 11.3 Å². The third kappa shape index (κ3) is 4.24. The predicted molar refractivity (Wildman–Crippen MR) is 120 cm³/mol. The van der Waals surface area contributed by atoms with Gasteiger partial charge in [-0.15, -0.1) is 16.4 Å². The molecule has 1 aliphatic rings. The molecule has 1 saturated carbocycles. The molecule has 0 bridgehead atoms. The lowest BCUT2D eigenvalue weighted by Crippen LogP contribution is -2.25. The number of nitrogens with zero attached hydrogens (tertiary/aromatic N) is 3. The van der Waals surface area contributed by atoms with E-state index in [0.717, 1.165) is 23.4 Å². The minimum absolute atomic E-state index is 0.0556. The number of carbonyl (C=O) groups is 2. The number of benzene rings is 2. The van der Waals surface area contributed by atoms with Crippen molar-refractivity contribution in [3.63, 3.8) is 0 Å². The van der Waals surface area contributed by atoms with Crippen LogP contribution in [0.15, 0.2) is 72.1 Å². The summed E-state index contributed by atoms with van der Waals surface area (Å²) in [7, 11) is 0. The van der Waals surface area contributed by atoms with E-state index in [2.05, 4.69) is 20.7 Å². The van der Waals surface area contributed by atoms with Crippen molar-refractivity contribution >= 4 is 28.8 Å². The topological polar surface area (TPSA) is 88.9 Å². The number of hydrogen-bond donors (Lipinski definition) is 2. The van der Waals surface area contributed by atoms with Crippen LogP contribution < -0.4 is 10.6 Å². The van der Waals surface area contributed by atoms with Crippen LogP contribution in [0.3, 0.4) is 0 Å². The molecular formula is C23H19N5O2S. The Balaban J connectivity index is 1.41. The maximum atomic E-state index is 12.9. The van der Waals surface area contributed by atoms with Crippen molar-refractivity contribution in [2.24, 2.45) is 0 Å². The quantitative estimate of drug-likeness (QED) is 0.482. The normalized spacial score (nSPS) is 13.0. The number of rotatable bonds is 6. The van der Waals surface area contributed by atoms with Gasteiger partial charge in [0, 0.05) is 17.3 Å². The first-order chi connectivity index (χ1) is 15.2. The van der Waals surface area contributed by atoms with E-state index in [1.807, 2.05) is 47.8 Å². The standard InChI is InChI=1S/C23H19N5O2S/c29-22(24-16-11-12-16)15-6-4-7-17(14-15)25-23(30)20-26-21(19-10-5-13-31-19)28(27-20)18-8-2-1-3-9-18/h1-10,13-14,16H,11-12H2,(H,24,29)(H,25,30). The number of carbonyl (C=O) groups excluding carboxylic acids is 2. The second-order valence-electron chi connectivity index (χ2n) is 7.27. The fourth-order valence-electron chi connectivity index (χ4n) is 3.14. The molecule has 1 aliphatic carbocycles. The molecule has 154 valence electrons. The van der Waals surface area contributed by atoms with Gasteiger partial charge in [-0.05, 0) is 54.6 Å². The lowest BCUT2D eigenvalue weighted by atomic mass is 10.2. The van der Waals surface area contributed by atoms with Gasteiger partial charge in [-0.3, -0.25) is 9.59 Å². The lowest BCUT2D eigenvalue weighted by Gasteiger charge is -2.06. The molecule has 0 radical (unpaired) electrons. The first-order valence-corrected chi connectivity index (χ1v) is 10.8. The van der Waals surface area contributed by atoms with E-state index < -0.39 is 5.91 Å². The lowest BCUT2D eigenvalue weighted by molar-refractivity contribution is 0.0949. The average molecular weight is 430 g/mol. The van der Waals surface area contributed by atoms with Crippen LogP contribution in [0.1, 0.15) is 33.8 Å². The number of thiophene rings is 1. The molecule has 0 spiro atoms. The Labute approximate surface area is 182 Å². The van der Waals surface area contributed by atoms with Crippen LogP contribution >= 0.6 is 11.3 Å². The third-order valence-electron chi connectivity index (χ3n) is 4.85. The largest absolute Gasteiger partial charge is 0.349 e. The number of aromatic nitrogens is 3. The number of para-hydroxylation sites is 1.